The van der Waals surface area contributed by atoms with Crippen LogP contribution in [0.4, 0.5) is 5.82 Å². The Hall–Kier alpha value is -2.15. The van der Waals surface area contributed by atoms with E-state index in [4.69, 9.17) is 5.73 Å². The zero-order valence-electron chi connectivity index (χ0n) is 10.6. The van der Waals surface area contributed by atoms with Crippen molar-refractivity contribution in [2.24, 2.45) is 7.05 Å². The number of nitrogens with zero attached hydrogens (tertiary/aromatic N) is 4. The lowest BCUT2D eigenvalue weighted by Crippen LogP contribution is -2.21. The zero-order valence-corrected chi connectivity index (χ0v) is 11.4. The summed E-state index contributed by atoms with van der Waals surface area (Å²) in [5.41, 5.74) is 7.61. The highest BCUT2D eigenvalue weighted by Crippen LogP contribution is 2.17. The third-order valence-corrected chi connectivity index (χ3v) is 3.99. The molecule has 0 aliphatic carbocycles. The second-order valence-corrected chi connectivity index (χ2v) is 5.28. The van der Waals surface area contributed by atoms with E-state index in [1.54, 1.807) is 28.7 Å². The molecule has 6 nitrogen and oxygen atoms in total. The van der Waals surface area contributed by atoms with Gasteiger partial charge in [0.05, 0.1) is 24.0 Å². The van der Waals surface area contributed by atoms with Crippen molar-refractivity contribution in [1.29, 1.82) is 0 Å². The molecule has 19 heavy (non-hydrogen) atoms. The van der Waals surface area contributed by atoms with Gasteiger partial charge in [-0.05, 0) is 18.4 Å². The maximum atomic E-state index is 12.3. The monoisotopic (exact) mass is 275 g/mol. The molecule has 7 heteroatoms. The number of anilines is 1. The van der Waals surface area contributed by atoms with Crippen LogP contribution in [0.2, 0.25) is 0 Å². The number of fused-ring (bicyclic) bond motifs is 1. The van der Waals surface area contributed by atoms with Crippen molar-refractivity contribution in [1.82, 2.24) is 19.3 Å². The molecule has 98 valence electrons. The van der Waals surface area contributed by atoms with Gasteiger partial charge in [0.15, 0.2) is 0 Å². The van der Waals surface area contributed by atoms with E-state index in [-0.39, 0.29) is 5.56 Å². The van der Waals surface area contributed by atoms with Crippen LogP contribution >= 0.6 is 11.3 Å². The lowest BCUT2D eigenvalue weighted by Gasteiger charge is -2.05. The summed E-state index contributed by atoms with van der Waals surface area (Å²) in [4.78, 5) is 17.3. The van der Waals surface area contributed by atoms with Crippen molar-refractivity contribution in [3.8, 4) is 0 Å². The Labute approximate surface area is 113 Å². The van der Waals surface area contributed by atoms with Gasteiger partial charge in [-0.15, -0.1) is 11.3 Å². The summed E-state index contributed by atoms with van der Waals surface area (Å²) in [5, 5.41) is 6.76. The number of hydrogen-bond donors (Lipinski definition) is 1. The van der Waals surface area contributed by atoms with Crippen molar-refractivity contribution in [3.63, 3.8) is 0 Å². The summed E-state index contributed by atoms with van der Waals surface area (Å²) in [5.74, 6) is 0.579. The minimum Gasteiger partial charge on any atom is -0.384 e. The van der Waals surface area contributed by atoms with E-state index in [9.17, 15) is 4.79 Å². The van der Waals surface area contributed by atoms with Gasteiger partial charge < -0.3 is 5.73 Å². The van der Waals surface area contributed by atoms with Crippen LogP contribution in [-0.4, -0.2) is 19.3 Å². The number of thiophene rings is 1. The first-order valence-electron chi connectivity index (χ1n) is 5.78. The van der Waals surface area contributed by atoms with E-state index >= 15 is 0 Å². The number of nitrogen functional groups attached to an aromatic ring is 1. The van der Waals surface area contributed by atoms with Crippen LogP contribution in [0.25, 0.3) is 10.2 Å². The van der Waals surface area contributed by atoms with Crippen molar-refractivity contribution in [2.75, 3.05) is 5.73 Å². The molecule has 0 fully saturated rings. The Morgan fingerprint density at radius 3 is 2.95 bits per heavy atom. The maximum absolute atomic E-state index is 12.3. The van der Waals surface area contributed by atoms with Crippen LogP contribution in [0.3, 0.4) is 0 Å². The smallest absolute Gasteiger partial charge is 0.262 e. The molecule has 0 aliphatic heterocycles. The zero-order chi connectivity index (χ0) is 13.6. The molecule has 0 radical (unpaired) electrons. The Kier molecular flexibility index (Phi) is 2.63. The quantitative estimate of drug-likeness (QED) is 0.760. The molecule has 2 N–H and O–H groups in total. The van der Waals surface area contributed by atoms with Crippen molar-refractivity contribution in [2.45, 2.75) is 13.5 Å². The Balaban J connectivity index is 2.10. The SMILES string of the molecule is Cc1nn(C)c(N)c1Cn1cnc2sccc2c1=O. The van der Waals surface area contributed by atoms with Gasteiger partial charge >= 0.3 is 0 Å². The van der Waals surface area contributed by atoms with E-state index in [0.29, 0.717) is 17.7 Å². The molecular weight excluding hydrogens is 262 g/mol. The molecular formula is C12H13N5OS. The maximum Gasteiger partial charge on any atom is 0.262 e. The summed E-state index contributed by atoms with van der Waals surface area (Å²) in [7, 11) is 1.79. The number of aryl methyl sites for hydroxylation is 2. The summed E-state index contributed by atoms with van der Waals surface area (Å²) < 4.78 is 3.18. The summed E-state index contributed by atoms with van der Waals surface area (Å²) in [6, 6.07) is 1.80. The molecule has 0 saturated heterocycles. The first kappa shape index (κ1) is 11.9. The van der Waals surface area contributed by atoms with Crippen LogP contribution in [0.1, 0.15) is 11.3 Å². The lowest BCUT2D eigenvalue weighted by molar-refractivity contribution is 0.747. The summed E-state index contributed by atoms with van der Waals surface area (Å²) >= 11 is 1.46. The molecule has 0 saturated carbocycles. The average Bonchev–Trinajstić information content (AvgIpc) is 2.93. The largest absolute Gasteiger partial charge is 0.384 e. The van der Waals surface area contributed by atoms with Crippen molar-refractivity contribution in [3.05, 3.63) is 39.4 Å². The van der Waals surface area contributed by atoms with Crippen LogP contribution < -0.4 is 11.3 Å². The predicted octanol–water partition coefficient (Wildman–Crippen LogP) is 1.13. The van der Waals surface area contributed by atoms with Crippen LogP contribution in [0.15, 0.2) is 22.6 Å². The highest BCUT2D eigenvalue weighted by molar-refractivity contribution is 7.16. The van der Waals surface area contributed by atoms with Crippen molar-refractivity contribution >= 4 is 27.4 Å². The number of nitrogens with two attached hydrogens (primary N) is 1. The fraction of sp³-hybridized carbons (Fsp3) is 0.250. The van der Waals surface area contributed by atoms with Crippen LogP contribution in [0.5, 0.6) is 0 Å². The van der Waals surface area contributed by atoms with E-state index in [1.807, 2.05) is 12.3 Å². The second kappa shape index (κ2) is 4.20. The molecule has 3 aromatic heterocycles. The van der Waals surface area contributed by atoms with Gasteiger partial charge in [0.25, 0.3) is 5.56 Å². The minimum absolute atomic E-state index is 0.0473. The van der Waals surface area contributed by atoms with Gasteiger partial charge in [0.1, 0.15) is 10.6 Å². The Morgan fingerprint density at radius 1 is 1.47 bits per heavy atom. The van der Waals surface area contributed by atoms with Gasteiger partial charge in [-0.2, -0.15) is 5.10 Å². The van der Waals surface area contributed by atoms with Crippen molar-refractivity contribution < 1.29 is 0 Å². The van der Waals surface area contributed by atoms with E-state index < -0.39 is 0 Å². The van der Waals surface area contributed by atoms with Gasteiger partial charge in [-0.1, -0.05) is 0 Å². The standard InChI is InChI=1S/C12H13N5OS/c1-7-9(10(13)16(2)15-7)5-17-6-14-11-8(12(17)18)3-4-19-11/h3-4,6H,5,13H2,1-2H3. The predicted molar refractivity (Wildman–Crippen MR) is 75.3 cm³/mol. The molecule has 3 aromatic rings. The van der Waals surface area contributed by atoms with Gasteiger partial charge in [-0.3, -0.25) is 14.0 Å². The molecule has 3 heterocycles. The fourth-order valence-electron chi connectivity index (χ4n) is 2.09. The number of rotatable bonds is 2. The topological polar surface area (TPSA) is 78.7 Å². The normalized spacial score (nSPS) is 11.3. The molecule has 0 amide bonds. The van der Waals surface area contributed by atoms with Gasteiger partial charge in [-0.25, -0.2) is 4.98 Å². The molecule has 0 unspecified atom stereocenters. The highest BCUT2D eigenvalue weighted by Gasteiger charge is 2.12. The average molecular weight is 275 g/mol. The third-order valence-electron chi connectivity index (χ3n) is 3.17. The summed E-state index contributed by atoms with van der Waals surface area (Å²) in [6.07, 6.45) is 1.56. The minimum atomic E-state index is -0.0473. The molecule has 3 rings (SSSR count). The van der Waals surface area contributed by atoms with Crippen LogP contribution in [0, 0.1) is 6.92 Å². The lowest BCUT2D eigenvalue weighted by atomic mass is 10.2. The first-order valence-corrected chi connectivity index (χ1v) is 6.66. The third kappa shape index (κ3) is 1.82. The van der Waals surface area contributed by atoms with E-state index in [2.05, 4.69) is 10.1 Å². The molecule has 0 aliphatic rings. The van der Waals surface area contributed by atoms with Gasteiger partial charge in [0.2, 0.25) is 0 Å². The highest BCUT2D eigenvalue weighted by atomic mass is 32.1. The summed E-state index contributed by atoms with van der Waals surface area (Å²) in [6.45, 7) is 2.27. The van der Waals surface area contributed by atoms with E-state index in [1.165, 1.54) is 11.3 Å². The van der Waals surface area contributed by atoms with E-state index in [0.717, 1.165) is 16.1 Å². The molecule has 0 spiro atoms. The second-order valence-electron chi connectivity index (χ2n) is 4.39. The molecule has 0 atom stereocenters. The first-order chi connectivity index (χ1) is 9.08. The van der Waals surface area contributed by atoms with Gasteiger partial charge in [0, 0.05) is 12.6 Å². The molecule has 0 bridgehead atoms. The van der Waals surface area contributed by atoms with Crippen LogP contribution in [-0.2, 0) is 13.6 Å². The number of hydrogen-bond acceptors (Lipinski definition) is 5. The fourth-order valence-corrected chi connectivity index (χ4v) is 2.81. The molecule has 0 aromatic carbocycles. The number of aromatic nitrogens is 4. The Bertz CT molecular complexity index is 813. The Morgan fingerprint density at radius 2 is 2.26 bits per heavy atom.